The third-order valence-corrected chi connectivity index (χ3v) is 2.62. The number of hydrogen-bond acceptors (Lipinski definition) is 0. The van der Waals surface area contributed by atoms with Crippen LogP contribution in [0, 0.1) is 13.8 Å². The Hall–Kier alpha value is -0.300. The van der Waals surface area contributed by atoms with Crippen LogP contribution in [0.4, 0.5) is 0 Å². The minimum atomic E-state index is 1.19. The number of aryl methyl sites for hydroxylation is 2. The van der Waals surface area contributed by atoms with Crippen LogP contribution >= 0.6 is 15.9 Å². The molecule has 1 heteroatoms. The predicted octanol–water partition coefficient (Wildman–Crippen LogP) is 4.02. The van der Waals surface area contributed by atoms with E-state index in [-0.39, 0.29) is 0 Å². The first-order valence-electron chi connectivity index (χ1n) is 4.40. The van der Waals surface area contributed by atoms with E-state index in [2.05, 4.69) is 48.8 Å². The van der Waals surface area contributed by atoms with E-state index in [9.17, 15) is 0 Å². The average Bonchev–Trinajstić information content (AvgIpc) is 1.96. The topological polar surface area (TPSA) is 0 Å². The molecule has 0 saturated heterocycles. The molecule has 0 aliphatic carbocycles. The lowest BCUT2D eigenvalue weighted by atomic mass is 9.99. The lowest BCUT2D eigenvalue weighted by Crippen LogP contribution is -1.92. The summed E-state index contributed by atoms with van der Waals surface area (Å²) >= 11 is 3.50. The molecule has 0 spiro atoms. The fourth-order valence-electron chi connectivity index (χ4n) is 1.58. The van der Waals surface area contributed by atoms with Gasteiger partial charge in [0.1, 0.15) is 0 Å². The summed E-state index contributed by atoms with van der Waals surface area (Å²) < 4.78 is 1.19. The standard InChI is InChI=1S/C11H15Br/c1-4-5-11-8(2)6-10(12)7-9(11)3/h6-7H,4-5H2,1-3H3. The van der Waals surface area contributed by atoms with Crippen molar-refractivity contribution in [1.29, 1.82) is 0 Å². The highest BCUT2D eigenvalue weighted by Crippen LogP contribution is 2.21. The van der Waals surface area contributed by atoms with Gasteiger partial charge in [0, 0.05) is 4.47 Å². The van der Waals surface area contributed by atoms with Crippen LogP contribution in [-0.2, 0) is 6.42 Å². The summed E-state index contributed by atoms with van der Waals surface area (Å²) in [6.45, 7) is 6.59. The molecule has 1 aromatic rings. The lowest BCUT2D eigenvalue weighted by Gasteiger charge is -2.08. The van der Waals surface area contributed by atoms with Crippen LogP contribution < -0.4 is 0 Å². The fraction of sp³-hybridized carbons (Fsp3) is 0.455. The van der Waals surface area contributed by atoms with E-state index in [1.165, 1.54) is 34.0 Å². The molecule has 1 aromatic carbocycles. The Bertz CT molecular complexity index is 253. The van der Waals surface area contributed by atoms with Crippen LogP contribution in [0.2, 0.25) is 0 Å². The Labute approximate surface area is 83.1 Å². The molecule has 0 saturated carbocycles. The van der Waals surface area contributed by atoms with Crippen LogP contribution in [0.5, 0.6) is 0 Å². The van der Waals surface area contributed by atoms with Gasteiger partial charge in [0.2, 0.25) is 0 Å². The highest BCUT2D eigenvalue weighted by Gasteiger charge is 2.02. The molecule has 0 radical (unpaired) electrons. The molecule has 0 heterocycles. The summed E-state index contributed by atoms with van der Waals surface area (Å²) in [5, 5.41) is 0. The first kappa shape index (κ1) is 9.79. The van der Waals surface area contributed by atoms with Gasteiger partial charge in [-0.3, -0.25) is 0 Å². The van der Waals surface area contributed by atoms with Gasteiger partial charge in [-0.2, -0.15) is 0 Å². The van der Waals surface area contributed by atoms with Gasteiger partial charge in [0.05, 0.1) is 0 Å². The van der Waals surface area contributed by atoms with E-state index < -0.39 is 0 Å². The second-order valence-corrected chi connectivity index (χ2v) is 4.18. The molecule has 66 valence electrons. The monoisotopic (exact) mass is 226 g/mol. The number of halogens is 1. The van der Waals surface area contributed by atoms with E-state index in [4.69, 9.17) is 0 Å². The van der Waals surface area contributed by atoms with Gasteiger partial charge in [-0.25, -0.2) is 0 Å². The van der Waals surface area contributed by atoms with E-state index in [0.717, 1.165) is 0 Å². The largest absolute Gasteiger partial charge is 0.0651 e. The summed E-state index contributed by atoms with van der Waals surface area (Å²) in [4.78, 5) is 0. The van der Waals surface area contributed by atoms with Gasteiger partial charge in [-0.15, -0.1) is 0 Å². The third kappa shape index (κ3) is 2.10. The quantitative estimate of drug-likeness (QED) is 0.715. The molecule has 0 aliphatic heterocycles. The summed E-state index contributed by atoms with van der Waals surface area (Å²) in [5.41, 5.74) is 4.33. The normalized spacial score (nSPS) is 10.3. The van der Waals surface area contributed by atoms with E-state index >= 15 is 0 Å². The van der Waals surface area contributed by atoms with Gasteiger partial charge in [0.15, 0.2) is 0 Å². The maximum atomic E-state index is 3.50. The van der Waals surface area contributed by atoms with Gasteiger partial charge >= 0.3 is 0 Å². The zero-order chi connectivity index (χ0) is 9.14. The van der Waals surface area contributed by atoms with Crippen molar-refractivity contribution >= 4 is 15.9 Å². The maximum Gasteiger partial charge on any atom is 0.0180 e. The van der Waals surface area contributed by atoms with Crippen molar-refractivity contribution in [2.24, 2.45) is 0 Å². The molecule has 0 amide bonds. The Morgan fingerprint density at radius 1 is 1.17 bits per heavy atom. The summed E-state index contributed by atoms with van der Waals surface area (Å²) in [5.74, 6) is 0. The molecule has 0 unspecified atom stereocenters. The second kappa shape index (κ2) is 4.08. The Balaban J connectivity index is 3.10. The Morgan fingerprint density at radius 2 is 1.67 bits per heavy atom. The maximum absolute atomic E-state index is 3.50. The summed E-state index contributed by atoms with van der Waals surface area (Å²) in [6, 6.07) is 4.38. The molecule has 0 nitrogen and oxygen atoms in total. The van der Waals surface area contributed by atoms with Gasteiger partial charge in [-0.05, 0) is 49.1 Å². The van der Waals surface area contributed by atoms with E-state index in [0.29, 0.717) is 0 Å². The minimum absolute atomic E-state index is 1.19. The van der Waals surface area contributed by atoms with Crippen molar-refractivity contribution in [3.05, 3.63) is 33.3 Å². The van der Waals surface area contributed by atoms with Crippen molar-refractivity contribution in [2.45, 2.75) is 33.6 Å². The molecule has 0 N–H and O–H groups in total. The lowest BCUT2D eigenvalue weighted by molar-refractivity contribution is 0.902. The first-order valence-corrected chi connectivity index (χ1v) is 5.20. The van der Waals surface area contributed by atoms with Crippen LogP contribution in [0.25, 0.3) is 0 Å². The van der Waals surface area contributed by atoms with E-state index in [1.807, 2.05) is 0 Å². The zero-order valence-corrected chi connectivity index (χ0v) is 9.53. The number of benzene rings is 1. The summed E-state index contributed by atoms with van der Waals surface area (Å²) in [7, 11) is 0. The average molecular weight is 227 g/mol. The molecule has 12 heavy (non-hydrogen) atoms. The molecular formula is C11H15Br. The molecule has 0 fully saturated rings. The third-order valence-electron chi connectivity index (χ3n) is 2.16. The molecular weight excluding hydrogens is 212 g/mol. The molecule has 0 atom stereocenters. The number of hydrogen-bond donors (Lipinski definition) is 0. The van der Waals surface area contributed by atoms with Crippen LogP contribution in [-0.4, -0.2) is 0 Å². The number of rotatable bonds is 2. The van der Waals surface area contributed by atoms with Crippen LogP contribution in [0.1, 0.15) is 30.0 Å². The molecule has 1 rings (SSSR count). The van der Waals surface area contributed by atoms with Crippen molar-refractivity contribution in [3.63, 3.8) is 0 Å². The zero-order valence-electron chi connectivity index (χ0n) is 7.95. The van der Waals surface area contributed by atoms with Crippen LogP contribution in [0.3, 0.4) is 0 Å². The SMILES string of the molecule is CCCc1c(C)cc(Br)cc1C. The fourth-order valence-corrected chi connectivity index (χ4v) is 2.27. The van der Waals surface area contributed by atoms with Crippen molar-refractivity contribution in [1.82, 2.24) is 0 Å². The summed E-state index contributed by atoms with van der Waals surface area (Å²) in [6.07, 6.45) is 2.42. The Kier molecular flexibility index (Phi) is 3.33. The predicted molar refractivity (Wildman–Crippen MR) is 57.6 cm³/mol. The highest BCUT2D eigenvalue weighted by molar-refractivity contribution is 9.10. The minimum Gasteiger partial charge on any atom is -0.0651 e. The van der Waals surface area contributed by atoms with Gasteiger partial charge < -0.3 is 0 Å². The molecule has 0 aliphatic rings. The first-order chi connectivity index (χ1) is 5.65. The van der Waals surface area contributed by atoms with Crippen molar-refractivity contribution in [3.8, 4) is 0 Å². The van der Waals surface area contributed by atoms with Crippen molar-refractivity contribution in [2.75, 3.05) is 0 Å². The molecule has 0 bridgehead atoms. The van der Waals surface area contributed by atoms with Crippen molar-refractivity contribution < 1.29 is 0 Å². The Morgan fingerprint density at radius 3 is 2.08 bits per heavy atom. The molecule has 0 aromatic heterocycles. The smallest absolute Gasteiger partial charge is 0.0180 e. The van der Waals surface area contributed by atoms with Crippen LogP contribution in [0.15, 0.2) is 16.6 Å². The van der Waals surface area contributed by atoms with E-state index in [1.54, 1.807) is 0 Å². The van der Waals surface area contributed by atoms with Gasteiger partial charge in [-0.1, -0.05) is 29.3 Å². The van der Waals surface area contributed by atoms with Gasteiger partial charge in [0.25, 0.3) is 0 Å². The highest BCUT2D eigenvalue weighted by atomic mass is 79.9. The second-order valence-electron chi connectivity index (χ2n) is 3.27.